The first-order valence-electron chi connectivity index (χ1n) is 18.3. The molecule has 18 heteroatoms. The molecule has 9 aromatic rings. The van der Waals surface area contributed by atoms with E-state index in [0.717, 1.165) is 67.9 Å². The van der Waals surface area contributed by atoms with Gasteiger partial charge in [-0.25, -0.2) is 0 Å². The van der Waals surface area contributed by atoms with E-state index in [1.807, 2.05) is 146 Å². The summed E-state index contributed by atoms with van der Waals surface area (Å²) in [5.74, 6) is 0. The summed E-state index contributed by atoms with van der Waals surface area (Å²) in [6, 6.07) is 46.7. The Morgan fingerprint density at radius 3 is 0.651 bits per heavy atom. The minimum absolute atomic E-state index is 0. The van der Waals surface area contributed by atoms with Gasteiger partial charge in [0, 0.05) is 72.5 Å². The fourth-order valence-electron chi connectivity index (χ4n) is 5.52. The fraction of sp³-hybridized carbons (Fsp3) is 0. The van der Waals surface area contributed by atoms with E-state index in [9.17, 15) is 0 Å². The molecule has 0 atom stereocenters. The van der Waals surface area contributed by atoms with Crippen LogP contribution in [-0.4, -0.2) is 55.0 Å². The average molecular weight is 1020 g/mol. The van der Waals surface area contributed by atoms with Gasteiger partial charge in [-0.3, -0.25) is 44.9 Å². The first kappa shape index (κ1) is 47.1. The van der Waals surface area contributed by atoms with Crippen molar-refractivity contribution in [3.63, 3.8) is 0 Å². The molecule has 0 bridgehead atoms. The second kappa shape index (κ2) is 25.8. The first-order valence-corrected chi connectivity index (χ1v) is 18.3. The van der Waals surface area contributed by atoms with Gasteiger partial charge in [0.1, 0.15) is 0 Å². The van der Waals surface area contributed by atoms with E-state index >= 15 is 0 Å². The third kappa shape index (κ3) is 15.2. The van der Waals surface area contributed by atoms with Crippen LogP contribution in [0, 0.1) is 30.6 Å². The SMILES string of the molecule is O=[N+]([O-])[O-].O=[N+]([O-])[O-].[Pt+2].c1ccc(-c2cccnc2-c2ccccn2)nc1.c1ccc(-c2cccnc2-c2ccccn2)nc1.c1ccc(-c2cccnc2-c2ccccn2)nc1. The van der Waals surface area contributed by atoms with Gasteiger partial charge in [0.25, 0.3) is 0 Å². The molecule has 0 aliphatic rings. The summed E-state index contributed by atoms with van der Waals surface area (Å²) in [6.45, 7) is 0. The van der Waals surface area contributed by atoms with E-state index < -0.39 is 10.2 Å². The maximum absolute atomic E-state index is 8.25. The van der Waals surface area contributed by atoms with Gasteiger partial charge in [-0.2, -0.15) is 0 Å². The van der Waals surface area contributed by atoms with Crippen molar-refractivity contribution >= 4 is 0 Å². The Morgan fingerprint density at radius 1 is 0.270 bits per heavy atom. The van der Waals surface area contributed by atoms with Crippen molar-refractivity contribution in [2.24, 2.45) is 0 Å². The van der Waals surface area contributed by atoms with Crippen LogP contribution in [0.4, 0.5) is 0 Å². The van der Waals surface area contributed by atoms with Crippen molar-refractivity contribution in [1.29, 1.82) is 0 Å². The average Bonchev–Trinajstić information content (AvgIpc) is 3.33. The number of rotatable bonds is 6. The predicted molar refractivity (Wildman–Crippen MR) is 233 cm³/mol. The maximum Gasteiger partial charge on any atom is 2.00 e. The van der Waals surface area contributed by atoms with Crippen LogP contribution in [0.5, 0.6) is 0 Å². The molecule has 0 aliphatic heterocycles. The Morgan fingerprint density at radius 2 is 0.460 bits per heavy atom. The van der Waals surface area contributed by atoms with Crippen molar-refractivity contribution in [2.45, 2.75) is 0 Å². The molecule has 0 aliphatic carbocycles. The number of aromatic nitrogens is 9. The van der Waals surface area contributed by atoms with Gasteiger partial charge >= 0.3 is 21.1 Å². The van der Waals surface area contributed by atoms with Gasteiger partial charge in [0.15, 0.2) is 0 Å². The molecule has 0 amide bonds. The van der Waals surface area contributed by atoms with Crippen LogP contribution < -0.4 is 0 Å². The first-order chi connectivity index (χ1) is 30.3. The van der Waals surface area contributed by atoms with E-state index in [2.05, 4.69) is 44.9 Å². The van der Waals surface area contributed by atoms with Crippen LogP contribution in [0.3, 0.4) is 0 Å². The van der Waals surface area contributed by atoms with Crippen LogP contribution in [0.25, 0.3) is 67.9 Å². The summed E-state index contributed by atoms with van der Waals surface area (Å²) in [5, 5.41) is 29.5. The van der Waals surface area contributed by atoms with Crippen LogP contribution in [-0.2, 0) is 21.1 Å². The normalized spacial score (nSPS) is 9.52. The van der Waals surface area contributed by atoms with Crippen molar-refractivity contribution in [1.82, 2.24) is 44.9 Å². The van der Waals surface area contributed by atoms with E-state index in [0.29, 0.717) is 0 Å². The Bertz CT molecular complexity index is 2240. The molecule has 9 aromatic heterocycles. The van der Waals surface area contributed by atoms with Gasteiger partial charge in [-0.15, -0.1) is 0 Å². The van der Waals surface area contributed by atoms with Crippen molar-refractivity contribution in [2.75, 3.05) is 0 Å². The van der Waals surface area contributed by atoms with Crippen LogP contribution in [0.1, 0.15) is 0 Å². The smallest absolute Gasteiger partial charge is 0.356 e. The fourth-order valence-corrected chi connectivity index (χ4v) is 5.52. The van der Waals surface area contributed by atoms with Gasteiger partial charge in [-0.1, -0.05) is 36.4 Å². The molecule has 0 N–H and O–H groups in total. The van der Waals surface area contributed by atoms with E-state index in [4.69, 9.17) is 30.6 Å². The molecule has 17 nitrogen and oxygen atoms in total. The Hall–Kier alpha value is -8.56. The van der Waals surface area contributed by atoms with Gasteiger partial charge in [0.05, 0.1) is 61.4 Å². The molecule has 0 saturated carbocycles. The summed E-state index contributed by atoms with van der Waals surface area (Å²) in [5.41, 5.74) is 10.9. The molecule has 314 valence electrons. The third-order valence-electron chi connectivity index (χ3n) is 7.97. The molecular weight excluding hydrogens is 986 g/mol. The predicted octanol–water partition coefficient (Wildman–Crippen LogP) is 9.14. The Labute approximate surface area is 374 Å². The van der Waals surface area contributed by atoms with Crippen LogP contribution >= 0.6 is 0 Å². The standard InChI is InChI=1S/3C15H11N3.2NO3.Pt/c3*1-3-9-16-13(7-1)12-6-5-11-18-15(12)14-8-2-4-10-17-14;2*2-1(3)4;/h3*1-11H;;;/q;;;2*-1;+2. The topological polar surface area (TPSA) is 248 Å². The summed E-state index contributed by atoms with van der Waals surface area (Å²) < 4.78 is 0. The third-order valence-corrected chi connectivity index (χ3v) is 7.97. The van der Waals surface area contributed by atoms with E-state index in [1.165, 1.54) is 0 Å². The van der Waals surface area contributed by atoms with Crippen molar-refractivity contribution in [3.05, 3.63) is 232 Å². The molecule has 0 fully saturated rings. The van der Waals surface area contributed by atoms with Gasteiger partial charge < -0.3 is 30.6 Å². The second-order valence-corrected chi connectivity index (χ2v) is 11.9. The summed E-state index contributed by atoms with van der Waals surface area (Å²) in [4.78, 5) is 55.9. The molecule has 63 heavy (non-hydrogen) atoms. The minimum Gasteiger partial charge on any atom is -0.356 e. The Kier molecular flexibility index (Phi) is 19.3. The number of hydrogen-bond acceptors (Lipinski definition) is 15. The summed E-state index contributed by atoms with van der Waals surface area (Å²) in [6.07, 6.45) is 16.0. The van der Waals surface area contributed by atoms with E-state index in [1.54, 1.807) is 55.8 Å². The molecule has 9 heterocycles. The maximum atomic E-state index is 8.25. The van der Waals surface area contributed by atoms with Gasteiger partial charge in [0.2, 0.25) is 0 Å². The molecule has 9 rings (SSSR count). The number of hydrogen-bond donors (Lipinski definition) is 0. The van der Waals surface area contributed by atoms with E-state index in [-0.39, 0.29) is 21.1 Å². The molecule has 0 radical (unpaired) electrons. The largest absolute Gasteiger partial charge is 2.00 e. The zero-order chi connectivity index (χ0) is 43.8. The monoisotopic (exact) mass is 1020 g/mol. The molecule has 0 spiro atoms. The van der Waals surface area contributed by atoms with Crippen LogP contribution in [0.2, 0.25) is 0 Å². The summed E-state index contributed by atoms with van der Waals surface area (Å²) in [7, 11) is 0. The van der Waals surface area contributed by atoms with Gasteiger partial charge in [-0.05, 0) is 109 Å². The zero-order valence-corrected chi connectivity index (χ0v) is 35.0. The van der Waals surface area contributed by atoms with Crippen LogP contribution in [0.15, 0.2) is 201 Å². The quantitative estimate of drug-likeness (QED) is 0.111. The summed E-state index contributed by atoms with van der Waals surface area (Å²) >= 11 is 0. The molecular formula is C45H33N11O6Pt. The van der Waals surface area contributed by atoms with Crippen molar-refractivity contribution in [3.8, 4) is 67.9 Å². The molecule has 0 saturated heterocycles. The van der Waals surface area contributed by atoms with Crippen molar-refractivity contribution < 1.29 is 31.2 Å². The zero-order valence-electron chi connectivity index (χ0n) is 32.7. The number of nitrogens with zero attached hydrogens (tertiary/aromatic N) is 11. The second-order valence-electron chi connectivity index (χ2n) is 11.9. The minimum atomic E-state index is -1.75. The molecule has 0 unspecified atom stereocenters. The Balaban J connectivity index is 0.000000189. The molecule has 0 aromatic carbocycles. The number of pyridine rings is 9.